The normalized spacial score (nSPS) is 47.2. The molecular formula is C13H21BINS2. The summed E-state index contributed by atoms with van der Waals surface area (Å²) in [5, 5.41) is 1.38. The highest BCUT2D eigenvalue weighted by Gasteiger charge is 2.61. The van der Waals surface area contributed by atoms with Gasteiger partial charge in [0.25, 0.3) is 0 Å². The number of hydrogen-bond acceptors (Lipinski definition) is 2. The first-order valence-corrected chi connectivity index (χ1v) is 9.39. The van der Waals surface area contributed by atoms with Crippen LogP contribution in [0.5, 0.6) is 0 Å². The second-order valence-electron chi connectivity index (χ2n) is 6.96. The molecule has 2 bridgehead atoms. The zero-order chi connectivity index (χ0) is 13.1. The van der Waals surface area contributed by atoms with E-state index in [2.05, 4.69) is 48.3 Å². The van der Waals surface area contributed by atoms with Crippen LogP contribution in [0, 0.1) is 0 Å². The van der Waals surface area contributed by atoms with Crippen molar-refractivity contribution in [1.29, 1.82) is 0 Å². The lowest BCUT2D eigenvalue weighted by molar-refractivity contribution is 0.219. The molecule has 0 spiro atoms. The molecule has 18 heavy (non-hydrogen) atoms. The van der Waals surface area contributed by atoms with Crippen LogP contribution in [0.2, 0.25) is 5.31 Å². The fraction of sp³-hybridized carbons (Fsp3) is 0.923. The maximum atomic E-state index is 5.65. The van der Waals surface area contributed by atoms with Crippen LogP contribution in [-0.4, -0.2) is 37.2 Å². The summed E-state index contributed by atoms with van der Waals surface area (Å²) in [5.74, 6) is 0. The van der Waals surface area contributed by atoms with Crippen molar-refractivity contribution in [3.63, 3.8) is 0 Å². The summed E-state index contributed by atoms with van der Waals surface area (Å²) in [6.07, 6.45) is 5.56. The highest BCUT2D eigenvalue weighted by atomic mass is 127. The Morgan fingerprint density at radius 3 is 2.83 bits per heavy atom. The van der Waals surface area contributed by atoms with Gasteiger partial charge in [-0.15, -0.1) is 0 Å². The summed E-state index contributed by atoms with van der Waals surface area (Å²) >= 11 is 10.4. The standard InChI is InChI=1S/C13H21BINS2/c1-8(2)16-9-5-4-6-12(3)7-13(15,14-12)10(9)18-11(16)17/h8-10,14H,4-7H2,1-3H3. The van der Waals surface area contributed by atoms with Gasteiger partial charge >= 0.3 is 0 Å². The van der Waals surface area contributed by atoms with E-state index in [4.69, 9.17) is 12.2 Å². The Kier molecular flexibility index (Phi) is 3.51. The van der Waals surface area contributed by atoms with E-state index in [0.29, 0.717) is 20.7 Å². The third-order valence-electron chi connectivity index (χ3n) is 4.93. The molecule has 3 heterocycles. The minimum Gasteiger partial charge on any atom is -0.351 e. The fourth-order valence-corrected chi connectivity index (χ4v) is 9.13. The van der Waals surface area contributed by atoms with Crippen LogP contribution in [0.4, 0.5) is 0 Å². The van der Waals surface area contributed by atoms with Crippen molar-refractivity contribution in [2.24, 2.45) is 0 Å². The lowest BCUT2D eigenvalue weighted by Gasteiger charge is -2.56. The first-order chi connectivity index (χ1) is 8.35. The third kappa shape index (κ3) is 2.07. The molecule has 4 unspecified atom stereocenters. The molecule has 3 aliphatic heterocycles. The molecule has 0 N–H and O–H groups in total. The summed E-state index contributed by atoms with van der Waals surface area (Å²) in [4.78, 5) is 2.53. The van der Waals surface area contributed by atoms with E-state index in [1.807, 2.05) is 11.8 Å². The molecule has 4 fully saturated rings. The topological polar surface area (TPSA) is 3.24 Å². The Labute approximate surface area is 135 Å². The van der Waals surface area contributed by atoms with Gasteiger partial charge in [-0.3, -0.25) is 0 Å². The second kappa shape index (κ2) is 4.52. The van der Waals surface area contributed by atoms with Gasteiger partial charge in [0.15, 0.2) is 0 Å². The molecule has 100 valence electrons. The zero-order valence-electron chi connectivity index (χ0n) is 11.4. The van der Waals surface area contributed by atoms with E-state index in [1.165, 1.54) is 33.0 Å². The number of thiocarbonyl (C=S) groups is 1. The summed E-state index contributed by atoms with van der Waals surface area (Å²) in [6, 6.07) is 1.26. The van der Waals surface area contributed by atoms with Crippen LogP contribution in [0.3, 0.4) is 0 Å². The summed E-state index contributed by atoms with van der Waals surface area (Å²) in [5.41, 5.74) is 0. The van der Waals surface area contributed by atoms with Crippen molar-refractivity contribution in [1.82, 2.24) is 4.90 Å². The molecule has 4 atom stereocenters. The van der Waals surface area contributed by atoms with Gasteiger partial charge in [0.1, 0.15) is 11.6 Å². The molecule has 1 nitrogen and oxygen atoms in total. The summed E-state index contributed by atoms with van der Waals surface area (Å²) in [7, 11) is 1.41. The highest BCUT2D eigenvalue weighted by Crippen LogP contribution is 2.62. The molecule has 0 aromatic carbocycles. The number of hydrogen-bond donors (Lipinski definition) is 0. The Morgan fingerprint density at radius 1 is 1.56 bits per heavy atom. The first-order valence-electron chi connectivity index (χ1n) is 7.03. The van der Waals surface area contributed by atoms with E-state index < -0.39 is 0 Å². The van der Waals surface area contributed by atoms with E-state index in [9.17, 15) is 0 Å². The average Bonchev–Trinajstić information content (AvgIpc) is 2.51. The van der Waals surface area contributed by atoms with E-state index in [0.717, 1.165) is 9.57 Å². The molecule has 4 rings (SSSR count). The van der Waals surface area contributed by atoms with Crippen molar-refractivity contribution >= 4 is 58.2 Å². The molecule has 0 amide bonds. The van der Waals surface area contributed by atoms with Crippen LogP contribution in [0.1, 0.15) is 46.5 Å². The number of nitrogens with zero attached hydrogens (tertiary/aromatic N) is 1. The van der Waals surface area contributed by atoms with E-state index >= 15 is 0 Å². The summed E-state index contributed by atoms with van der Waals surface area (Å²) in [6.45, 7) is 7.07. The van der Waals surface area contributed by atoms with Crippen LogP contribution < -0.4 is 0 Å². The van der Waals surface area contributed by atoms with Crippen molar-refractivity contribution in [2.75, 3.05) is 0 Å². The minimum absolute atomic E-state index is 0.510. The molecule has 0 aromatic rings. The van der Waals surface area contributed by atoms with Gasteiger partial charge in [-0.05, 0) is 26.7 Å². The number of rotatable bonds is 1. The van der Waals surface area contributed by atoms with Crippen molar-refractivity contribution in [3.05, 3.63) is 0 Å². The monoisotopic (exact) mass is 393 g/mol. The van der Waals surface area contributed by atoms with Crippen molar-refractivity contribution in [2.45, 2.75) is 72.4 Å². The number of halogens is 1. The zero-order valence-corrected chi connectivity index (χ0v) is 15.2. The lowest BCUT2D eigenvalue weighted by atomic mass is 9.29. The lowest BCUT2D eigenvalue weighted by Crippen LogP contribution is -2.61. The highest BCUT2D eigenvalue weighted by molar-refractivity contribution is 14.1. The summed E-state index contributed by atoms with van der Waals surface area (Å²) < 4.78 is 1.67. The maximum Gasteiger partial charge on any atom is 0.149 e. The van der Waals surface area contributed by atoms with Gasteiger partial charge in [-0.2, -0.15) is 0 Å². The Bertz CT molecular complexity index is 381. The molecular weight excluding hydrogens is 372 g/mol. The predicted molar refractivity (Wildman–Crippen MR) is 95.5 cm³/mol. The van der Waals surface area contributed by atoms with Crippen LogP contribution in [0.25, 0.3) is 0 Å². The Morgan fingerprint density at radius 2 is 2.22 bits per heavy atom. The maximum absolute atomic E-state index is 5.65. The average molecular weight is 393 g/mol. The molecule has 1 saturated carbocycles. The van der Waals surface area contributed by atoms with Gasteiger partial charge in [0.05, 0.1) is 0 Å². The van der Waals surface area contributed by atoms with Gasteiger partial charge in [0.2, 0.25) is 0 Å². The number of alkyl halides is 1. The smallest absolute Gasteiger partial charge is 0.149 e. The molecule has 5 heteroatoms. The SMILES string of the molecule is CC(C)N1C(=S)SC2C1CCCC1(C)BC2(I)C1. The van der Waals surface area contributed by atoms with Crippen LogP contribution >= 0.6 is 46.6 Å². The largest absolute Gasteiger partial charge is 0.351 e. The molecule has 1 aliphatic carbocycles. The van der Waals surface area contributed by atoms with Gasteiger partial charge in [0, 0.05) is 20.7 Å². The molecule has 3 saturated heterocycles. The fourth-order valence-electron chi connectivity index (χ4n) is 4.35. The molecule has 0 aromatic heterocycles. The predicted octanol–water partition coefficient (Wildman–Crippen LogP) is 3.80. The van der Waals surface area contributed by atoms with Gasteiger partial charge in [-0.1, -0.05) is 71.7 Å². The molecule has 4 aliphatic rings. The van der Waals surface area contributed by atoms with Crippen molar-refractivity contribution < 1.29 is 0 Å². The van der Waals surface area contributed by atoms with Crippen LogP contribution in [-0.2, 0) is 0 Å². The minimum atomic E-state index is 0.510. The van der Waals surface area contributed by atoms with Gasteiger partial charge in [-0.25, -0.2) is 0 Å². The van der Waals surface area contributed by atoms with E-state index in [1.54, 1.807) is 0 Å². The van der Waals surface area contributed by atoms with Crippen LogP contribution in [0.15, 0.2) is 0 Å². The first kappa shape index (κ1) is 14.0. The quantitative estimate of drug-likeness (QED) is 0.289. The second-order valence-corrected chi connectivity index (χ2v) is 10.9. The van der Waals surface area contributed by atoms with Gasteiger partial charge < -0.3 is 4.90 Å². The Hall–Kier alpha value is 1.03. The Balaban J connectivity index is 1.89. The number of fused-ring (bicyclic) bond motifs is 2. The van der Waals surface area contributed by atoms with Crippen molar-refractivity contribution in [3.8, 4) is 0 Å². The van der Waals surface area contributed by atoms with E-state index in [-0.39, 0.29) is 0 Å². The molecule has 0 radical (unpaired) electrons. The number of thioether (sulfide) groups is 1. The third-order valence-corrected chi connectivity index (χ3v) is 8.72.